The molecule has 1 unspecified atom stereocenters. The highest BCUT2D eigenvalue weighted by atomic mass is 35.5. The van der Waals surface area contributed by atoms with Gasteiger partial charge in [-0.1, -0.05) is 26.0 Å². The van der Waals surface area contributed by atoms with Crippen LogP contribution >= 0.6 is 24.2 Å². The monoisotopic (exact) mass is 314 g/mol. The molecule has 1 aromatic carbocycles. The third-order valence-electron chi connectivity index (χ3n) is 3.60. The summed E-state index contributed by atoms with van der Waals surface area (Å²) in [6.07, 6.45) is 0. The zero-order valence-electron chi connectivity index (χ0n) is 12.0. The molecule has 1 fully saturated rings. The number of amides is 1. The quantitative estimate of drug-likeness (QED) is 0.847. The summed E-state index contributed by atoms with van der Waals surface area (Å²) < 4.78 is 0. The molecule has 0 aromatic heterocycles. The molecule has 0 bridgehead atoms. The summed E-state index contributed by atoms with van der Waals surface area (Å²) in [5, 5.41) is 6.24. The summed E-state index contributed by atoms with van der Waals surface area (Å²) in [7, 11) is 0. The number of hydrogen-bond acceptors (Lipinski definition) is 3. The zero-order chi connectivity index (χ0) is 13.7. The lowest BCUT2D eigenvalue weighted by Crippen LogP contribution is -2.48. The number of benzene rings is 1. The summed E-state index contributed by atoms with van der Waals surface area (Å²) in [4.78, 5) is 12.1. The Hall–Kier alpha value is -0.710. The number of carbonyl (C=O) groups excluding carboxylic acids is 1. The van der Waals surface area contributed by atoms with E-state index in [-0.39, 0.29) is 24.2 Å². The van der Waals surface area contributed by atoms with Gasteiger partial charge in [-0.2, -0.15) is 11.8 Å². The summed E-state index contributed by atoms with van der Waals surface area (Å²) in [5.74, 6) is 2.81. The molecule has 0 saturated carbocycles. The van der Waals surface area contributed by atoms with Crippen LogP contribution in [0.4, 0.5) is 5.69 Å². The molecule has 3 nitrogen and oxygen atoms in total. The van der Waals surface area contributed by atoms with Crippen molar-refractivity contribution in [3.8, 4) is 0 Å². The van der Waals surface area contributed by atoms with Crippen molar-refractivity contribution < 1.29 is 4.79 Å². The first kappa shape index (κ1) is 17.3. The Morgan fingerprint density at radius 1 is 1.50 bits per heavy atom. The lowest BCUT2D eigenvalue weighted by Gasteiger charge is -2.31. The maximum Gasteiger partial charge on any atom is 0.227 e. The highest BCUT2D eigenvalue weighted by molar-refractivity contribution is 7.98. The summed E-state index contributed by atoms with van der Waals surface area (Å²) in [6.45, 7) is 6.09. The van der Waals surface area contributed by atoms with Gasteiger partial charge in [-0.15, -0.1) is 12.4 Å². The molecule has 1 saturated heterocycles. The van der Waals surface area contributed by atoms with Crippen molar-refractivity contribution in [3.05, 3.63) is 29.8 Å². The molecule has 1 heterocycles. The molecule has 2 N–H and O–H groups in total. The minimum atomic E-state index is 0. The van der Waals surface area contributed by atoms with Crippen molar-refractivity contribution in [2.75, 3.05) is 24.2 Å². The Labute approximate surface area is 131 Å². The van der Waals surface area contributed by atoms with Gasteiger partial charge in [0.25, 0.3) is 0 Å². The number of rotatable bonds is 6. The van der Waals surface area contributed by atoms with Gasteiger partial charge in [-0.25, -0.2) is 0 Å². The molecule has 0 spiro atoms. The van der Waals surface area contributed by atoms with Gasteiger partial charge >= 0.3 is 0 Å². The molecule has 1 aliphatic rings. The van der Waals surface area contributed by atoms with E-state index >= 15 is 0 Å². The van der Waals surface area contributed by atoms with Crippen LogP contribution in [0.2, 0.25) is 0 Å². The Bertz CT molecular complexity index is 438. The molecule has 1 aromatic rings. The highest BCUT2D eigenvalue weighted by Crippen LogP contribution is 2.20. The number of halogens is 1. The van der Waals surface area contributed by atoms with E-state index in [4.69, 9.17) is 0 Å². The summed E-state index contributed by atoms with van der Waals surface area (Å²) in [5.41, 5.74) is 2.18. The van der Waals surface area contributed by atoms with E-state index in [2.05, 4.69) is 29.7 Å². The zero-order valence-corrected chi connectivity index (χ0v) is 13.7. The van der Waals surface area contributed by atoms with E-state index in [1.807, 2.05) is 30.8 Å². The van der Waals surface area contributed by atoms with Gasteiger partial charge in [0, 0.05) is 17.4 Å². The van der Waals surface area contributed by atoms with Crippen molar-refractivity contribution in [3.63, 3.8) is 0 Å². The van der Waals surface area contributed by atoms with E-state index in [0.717, 1.165) is 30.3 Å². The molecule has 5 heteroatoms. The average Bonchev–Trinajstić information content (AvgIpc) is 2.34. The number of anilines is 1. The van der Waals surface area contributed by atoms with E-state index in [1.165, 1.54) is 5.56 Å². The lowest BCUT2D eigenvalue weighted by molar-refractivity contribution is -0.121. The molecule has 0 aliphatic carbocycles. The number of carbonyl (C=O) groups is 1. The van der Waals surface area contributed by atoms with Crippen LogP contribution in [0.5, 0.6) is 0 Å². The Balaban J connectivity index is 0.00000200. The van der Waals surface area contributed by atoms with Crippen LogP contribution in [0, 0.1) is 11.8 Å². The van der Waals surface area contributed by atoms with E-state index in [1.54, 1.807) is 0 Å². The van der Waals surface area contributed by atoms with Crippen LogP contribution in [0.3, 0.4) is 0 Å². The predicted octanol–water partition coefficient (Wildman–Crippen LogP) is 3.16. The highest BCUT2D eigenvalue weighted by Gasteiger charge is 2.28. The second-order valence-electron chi connectivity index (χ2n) is 5.03. The fraction of sp³-hybridized carbons (Fsp3) is 0.533. The largest absolute Gasteiger partial charge is 0.326 e. The number of nitrogens with one attached hydrogen (secondary N) is 2. The van der Waals surface area contributed by atoms with Crippen LogP contribution < -0.4 is 10.6 Å². The van der Waals surface area contributed by atoms with Crippen LogP contribution in [0.25, 0.3) is 0 Å². The van der Waals surface area contributed by atoms with Crippen LogP contribution in [-0.2, 0) is 10.5 Å². The van der Waals surface area contributed by atoms with E-state index in [9.17, 15) is 4.79 Å². The van der Waals surface area contributed by atoms with Gasteiger partial charge in [-0.05, 0) is 42.5 Å². The molecular weight excluding hydrogens is 292 g/mol. The third kappa shape index (κ3) is 4.69. The average molecular weight is 315 g/mol. The Morgan fingerprint density at radius 2 is 2.25 bits per heavy atom. The van der Waals surface area contributed by atoms with E-state index < -0.39 is 0 Å². The molecule has 112 valence electrons. The first-order valence-electron chi connectivity index (χ1n) is 6.89. The Morgan fingerprint density at radius 3 is 2.85 bits per heavy atom. The van der Waals surface area contributed by atoms with Crippen LogP contribution in [0.15, 0.2) is 24.3 Å². The first-order chi connectivity index (χ1) is 9.20. The standard InChI is InChI=1S/C15H22N2OS.ClH/c1-3-19-10-12-5-4-6-14(7-12)17-15(18)11(2)13-8-16-9-13;/h4-7,11,13,16H,3,8-10H2,1-2H3,(H,17,18);1H. The van der Waals surface area contributed by atoms with Crippen molar-refractivity contribution in [2.45, 2.75) is 19.6 Å². The molecule has 20 heavy (non-hydrogen) atoms. The lowest BCUT2D eigenvalue weighted by atomic mass is 9.88. The smallest absolute Gasteiger partial charge is 0.227 e. The molecule has 1 atom stereocenters. The fourth-order valence-electron chi connectivity index (χ4n) is 2.09. The van der Waals surface area contributed by atoms with Crippen molar-refractivity contribution >= 4 is 35.8 Å². The molecule has 0 radical (unpaired) electrons. The molecule has 2 rings (SSSR count). The topological polar surface area (TPSA) is 41.1 Å². The third-order valence-corrected chi connectivity index (χ3v) is 4.55. The molecule has 1 amide bonds. The minimum Gasteiger partial charge on any atom is -0.326 e. The Kier molecular flexibility index (Phi) is 7.41. The van der Waals surface area contributed by atoms with Crippen molar-refractivity contribution in [1.29, 1.82) is 0 Å². The molecular formula is C15H23ClN2OS. The van der Waals surface area contributed by atoms with E-state index in [0.29, 0.717) is 5.92 Å². The van der Waals surface area contributed by atoms with Gasteiger partial charge in [-0.3, -0.25) is 4.79 Å². The SMILES string of the molecule is CCSCc1cccc(NC(=O)C(C)C2CNC2)c1.Cl. The number of thioether (sulfide) groups is 1. The first-order valence-corrected chi connectivity index (χ1v) is 8.04. The second kappa shape index (κ2) is 8.55. The van der Waals surface area contributed by atoms with Crippen molar-refractivity contribution in [1.82, 2.24) is 5.32 Å². The summed E-state index contributed by atoms with van der Waals surface area (Å²) >= 11 is 1.89. The van der Waals surface area contributed by atoms with Crippen LogP contribution in [-0.4, -0.2) is 24.7 Å². The number of hydrogen-bond donors (Lipinski definition) is 2. The second-order valence-corrected chi connectivity index (χ2v) is 6.31. The van der Waals surface area contributed by atoms with Gasteiger partial charge < -0.3 is 10.6 Å². The predicted molar refractivity (Wildman–Crippen MR) is 89.7 cm³/mol. The summed E-state index contributed by atoms with van der Waals surface area (Å²) in [6, 6.07) is 8.16. The van der Waals surface area contributed by atoms with Crippen LogP contribution in [0.1, 0.15) is 19.4 Å². The van der Waals surface area contributed by atoms with Gasteiger partial charge in [0.15, 0.2) is 0 Å². The van der Waals surface area contributed by atoms with Gasteiger partial charge in [0.2, 0.25) is 5.91 Å². The maximum atomic E-state index is 12.1. The maximum absolute atomic E-state index is 12.1. The normalized spacial score (nSPS) is 15.9. The molecule has 1 aliphatic heterocycles. The fourth-order valence-corrected chi connectivity index (χ4v) is 2.71. The van der Waals surface area contributed by atoms with Gasteiger partial charge in [0.05, 0.1) is 0 Å². The minimum absolute atomic E-state index is 0. The van der Waals surface area contributed by atoms with Crippen molar-refractivity contribution in [2.24, 2.45) is 11.8 Å². The van der Waals surface area contributed by atoms with Gasteiger partial charge in [0.1, 0.15) is 0 Å².